The van der Waals surface area contributed by atoms with Gasteiger partial charge in [-0.05, 0) is 49.7 Å². The second-order valence-electron chi connectivity index (χ2n) is 6.15. The lowest BCUT2D eigenvalue weighted by atomic mass is 10.1. The first-order valence-corrected chi connectivity index (χ1v) is 8.09. The molecule has 1 fully saturated rings. The molecule has 0 spiro atoms. The van der Waals surface area contributed by atoms with Crippen LogP contribution in [0.15, 0.2) is 48.5 Å². The summed E-state index contributed by atoms with van der Waals surface area (Å²) in [7, 11) is 0. The van der Waals surface area contributed by atoms with Crippen molar-refractivity contribution in [3.8, 4) is 0 Å². The molecular formula is C19H23FN2O. The normalized spacial score (nSPS) is 21.3. The van der Waals surface area contributed by atoms with Gasteiger partial charge in [-0.3, -0.25) is 0 Å². The van der Waals surface area contributed by atoms with Crippen molar-refractivity contribution in [1.29, 1.82) is 0 Å². The number of benzene rings is 2. The van der Waals surface area contributed by atoms with Gasteiger partial charge in [-0.15, -0.1) is 0 Å². The van der Waals surface area contributed by atoms with Crippen LogP contribution in [0.25, 0.3) is 0 Å². The molecule has 0 radical (unpaired) electrons. The Balaban J connectivity index is 1.74. The Labute approximate surface area is 137 Å². The second-order valence-corrected chi connectivity index (χ2v) is 6.15. The van der Waals surface area contributed by atoms with Gasteiger partial charge in [0.15, 0.2) is 0 Å². The monoisotopic (exact) mass is 314 g/mol. The van der Waals surface area contributed by atoms with E-state index >= 15 is 0 Å². The molecule has 0 saturated carbocycles. The van der Waals surface area contributed by atoms with Gasteiger partial charge >= 0.3 is 0 Å². The fourth-order valence-corrected chi connectivity index (χ4v) is 3.11. The average molecular weight is 314 g/mol. The van der Waals surface area contributed by atoms with Crippen molar-refractivity contribution in [2.45, 2.75) is 32.6 Å². The molecule has 1 N–H and O–H groups in total. The maximum atomic E-state index is 13.0. The first-order valence-electron chi connectivity index (χ1n) is 8.09. The smallest absolute Gasteiger partial charge is 0.123 e. The number of anilines is 2. The number of hydrogen-bond donors (Lipinski definition) is 1. The van der Waals surface area contributed by atoms with Crippen LogP contribution in [0.5, 0.6) is 0 Å². The number of nitrogens with one attached hydrogen (secondary N) is 1. The Hall–Kier alpha value is -2.07. The Morgan fingerprint density at radius 1 is 1.04 bits per heavy atom. The molecule has 1 aliphatic rings. The summed E-state index contributed by atoms with van der Waals surface area (Å²) in [6.07, 6.45) is 0.466. The minimum atomic E-state index is -0.216. The van der Waals surface area contributed by atoms with Crippen LogP contribution < -0.4 is 10.2 Å². The molecule has 2 atom stereocenters. The third-order valence-corrected chi connectivity index (χ3v) is 4.08. The zero-order valence-electron chi connectivity index (χ0n) is 13.6. The third kappa shape index (κ3) is 4.02. The molecule has 1 saturated heterocycles. The predicted molar refractivity (Wildman–Crippen MR) is 92.4 cm³/mol. The number of nitrogens with zero attached hydrogens (tertiary/aromatic N) is 1. The Kier molecular flexibility index (Phi) is 4.82. The molecule has 3 rings (SSSR count). The number of para-hydroxylation sites is 1. The lowest BCUT2D eigenvalue weighted by Crippen LogP contribution is -2.45. The van der Waals surface area contributed by atoms with E-state index < -0.39 is 0 Å². The van der Waals surface area contributed by atoms with Gasteiger partial charge in [-0.1, -0.05) is 18.2 Å². The molecule has 122 valence electrons. The van der Waals surface area contributed by atoms with Crippen LogP contribution >= 0.6 is 0 Å². The summed E-state index contributed by atoms with van der Waals surface area (Å²) < 4.78 is 18.8. The summed E-state index contributed by atoms with van der Waals surface area (Å²) in [5.41, 5.74) is 3.40. The Bertz CT molecular complexity index is 634. The number of hydrogen-bond acceptors (Lipinski definition) is 3. The highest BCUT2D eigenvalue weighted by Crippen LogP contribution is 2.25. The Morgan fingerprint density at radius 2 is 1.70 bits per heavy atom. The highest BCUT2D eigenvalue weighted by atomic mass is 19.1. The maximum absolute atomic E-state index is 13.0. The van der Waals surface area contributed by atoms with E-state index in [1.54, 1.807) is 12.1 Å². The van der Waals surface area contributed by atoms with Crippen LogP contribution in [0.1, 0.15) is 19.4 Å². The zero-order chi connectivity index (χ0) is 16.2. The largest absolute Gasteiger partial charge is 0.381 e. The summed E-state index contributed by atoms with van der Waals surface area (Å²) in [6.45, 7) is 6.74. The lowest BCUT2D eigenvalue weighted by Gasteiger charge is -2.37. The van der Waals surface area contributed by atoms with Crippen LogP contribution in [0, 0.1) is 5.82 Å². The summed E-state index contributed by atoms with van der Waals surface area (Å²) in [5, 5.41) is 3.37. The van der Waals surface area contributed by atoms with Crippen molar-refractivity contribution in [2.75, 3.05) is 23.3 Å². The molecule has 0 aromatic heterocycles. The molecule has 2 aromatic carbocycles. The van der Waals surface area contributed by atoms with Crippen molar-refractivity contribution in [3.63, 3.8) is 0 Å². The average Bonchev–Trinajstić information content (AvgIpc) is 2.54. The van der Waals surface area contributed by atoms with Gasteiger partial charge in [-0.2, -0.15) is 0 Å². The van der Waals surface area contributed by atoms with Gasteiger partial charge in [0.1, 0.15) is 5.82 Å². The van der Waals surface area contributed by atoms with Gasteiger partial charge in [0, 0.05) is 31.0 Å². The van der Waals surface area contributed by atoms with E-state index in [2.05, 4.69) is 48.3 Å². The topological polar surface area (TPSA) is 24.5 Å². The molecule has 1 heterocycles. The van der Waals surface area contributed by atoms with Crippen molar-refractivity contribution in [2.24, 2.45) is 0 Å². The maximum Gasteiger partial charge on any atom is 0.123 e. The van der Waals surface area contributed by atoms with Crippen molar-refractivity contribution >= 4 is 11.4 Å². The molecule has 2 aromatic rings. The van der Waals surface area contributed by atoms with Crippen LogP contribution in [-0.4, -0.2) is 25.3 Å². The van der Waals surface area contributed by atoms with Crippen molar-refractivity contribution in [3.05, 3.63) is 59.9 Å². The summed E-state index contributed by atoms with van der Waals surface area (Å²) in [4.78, 5) is 2.39. The summed E-state index contributed by atoms with van der Waals surface area (Å²) >= 11 is 0. The van der Waals surface area contributed by atoms with Crippen LogP contribution in [0.3, 0.4) is 0 Å². The molecule has 0 amide bonds. The highest BCUT2D eigenvalue weighted by molar-refractivity contribution is 5.56. The van der Waals surface area contributed by atoms with E-state index in [-0.39, 0.29) is 18.0 Å². The van der Waals surface area contributed by atoms with Crippen molar-refractivity contribution < 1.29 is 9.13 Å². The van der Waals surface area contributed by atoms with Gasteiger partial charge in [0.05, 0.1) is 12.2 Å². The molecule has 23 heavy (non-hydrogen) atoms. The number of halogens is 1. The molecular weight excluding hydrogens is 291 g/mol. The van der Waals surface area contributed by atoms with Gasteiger partial charge in [0.2, 0.25) is 0 Å². The molecule has 1 aliphatic heterocycles. The second kappa shape index (κ2) is 7.01. The quantitative estimate of drug-likeness (QED) is 0.921. The highest BCUT2D eigenvalue weighted by Gasteiger charge is 2.23. The van der Waals surface area contributed by atoms with E-state index in [1.165, 1.54) is 23.4 Å². The van der Waals surface area contributed by atoms with Crippen LogP contribution in [0.4, 0.5) is 15.8 Å². The standard InChI is InChI=1S/C19H23FN2O/c1-14-12-22(13-15(2)23-14)19-6-4-3-5-16(19)11-21-18-9-7-17(20)8-10-18/h3-10,14-15,21H,11-13H2,1-2H3/t14-,15-/m1/s1. The SMILES string of the molecule is C[C@@H]1CN(c2ccccc2CNc2ccc(F)cc2)C[C@@H](C)O1. The predicted octanol–water partition coefficient (Wildman–Crippen LogP) is 4.05. The van der Waals surface area contributed by atoms with Gasteiger partial charge in [-0.25, -0.2) is 4.39 Å². The van der Waals surface area contributed by atoms with E-state index in [1.807, 2.05) is 0 Å². The lowest BCUT2D eigenvalue weighted by molar-refractivity contribution is -0.00525. The molecule has 0 aliphatic carbocycles. The molecule has 4 heteroatoms. The molecule has 0 bridgehead atoms. The Morgan fingerprint density at radius 3 is 2.39 bits per heavy atom. The fraction of sp³-hybridized carbons (Fsp3) is 0.368. The van der Waals surface area contributed by atoms with Crippen LogP contribution in [-0.2, 0) is 11.3 Å². The molecule has 3 nitrogen and oxygen atoms in total. The third-order valence-electron chi connectivity index (χ3n) is 4.08. The van der Waals surface area contributed by atoms with E-state index in [0.717, 1.165) is 18.8 Å². The van der Waals surface area contributed by atoms with E-state index in [0.29, 0.717) is 6.54 Å². The minimum absolute atomic E-state index is 0.216. The summed E-state index contributed by atoms with van der Waals surface area (Å²) in [6, 6.07) is 14.9. The number of morpholine rings is 1. The van der Waals surface area contributed by atoms with E-state index in [9.17, 15) is 4.39 Å². The van der Waals surface area contributed by atoms with Gasteiger partial charge in [0.25, 0.3) is 0 Å². The first kappa shape index (κ1) is 15.8. The molecule has 0 unspecified atom stereocenters. The van der Waals surface area contributed by atoms with Crippen molar-refractivity contribution in [1.82, 2.24) is 0 Å². The van der Waals surface area contributed by atoms with E-state index in [4.69, 9.17) is 4.74 Å². The number of ether oxygens (including phenoxy) is 1. The zero-order valence-corrected chi connectivity index (χ0v) is 13.6. The van der Waals surface area contributed by atoms with Crippen LogP contribution in [0.2, 0.25) is 0 Å². The number of rotatable bonds is 4. The van der Waals surface area contributed by atoms with Gasteiger partial charge < -0.3 is 15.0 Å². The minimum Gasteiger partial charge on any atom is -0.381 e. The summed E-state index contributed by atoms with van der Waals surface area (Å²) in [5.74, 6) is -0.216. The fourth-order valence-electron chi connectivity index (χ4n) is 3.11. The first-order chi connectivity index (χ1) is 11.1.